The molecule has 0 bridgehead atoms. The van der Waals surface area contributed by atoms with Crippen molar-refractivity contribution < 1.29 is 9.53 Å². The summed E-state index contributed by atoms with van der Waals surface area (Å²) in [7, 11) is 0. The standard InChI is InChI=1S/C12H11Cl2N3O2/c1-2-19-12(18)8-6-16-17(11(8)15)7-3-4-9(13)10(14)5-7/h3-6H,2,15H2,1H3. The molecule has 0 unspecified atom stereocenters. The zero-order chi connectivity index (χ0) is 14.0. The highest BCUT2D eigenvalue weighted by atomic mass is 35.5. The van der Waals surface area contributed by atoms with Crippen LogP contribution in [0.2, 0.25) is 10.0 Å². The van der Waals surface area contributed by atoms with Crippen molar-refractivity contribution >= 4 is 35.0 Å². The van der Waals surface area contributed by atoms with Crippen LogP contribution in [0.3, 0.4) is 0 Å². The molecule has 7 heteroatoms. The number of nitrogens with zero attached hydrogens (tertiary/aromatic N) is 2. The monoisotopic (exact) mass is 299 g/mol. The summed E-state index contributed by atoms with van der Waals surface area (Å²) < 4.78 is 6.28. The van der Waals surface area contributed by atoms with Gasteiger partial charge in [-0.2, -0.15) is 5.10 Å². The Bertz CT molecular complexity index is 625. The highest BCUT2D eigenvalue weighted by Gasteiger charge is 2.17. The van der Waals surface area contributed by atoms with E-state index in [9.17, 15) is 4.79 Å². The molecular weight excluding hydrogens is 289 g/mol. The first-order chi connectivity index (χ1) is 9.04. The molecule has 1 aromatic heterocycles. The Labute approximate surface area is 119 Å². The second-order valence-electron chi connectivity index (χ2n) is 3.67. The van der Waals surface area contributed by atoms with Crippen LogP contribution < -0.4 is 5.73 Å². The van der Waals surface area contributed by atoms with Crippen molar-refractivity contribution in [3.05, 3.63) is 40.0 Å². The Kier molecular flexibility index (Phi) is 3.97. The van der Waals surface area contributed by atoms with Crippen molar-refractivity contribution in [2.75, 3.05) is 12.3 Å². The SMILES string of the molecule is CCOC(=O)c1cnn(-c2ccc(Cl)c(Cl)c2)c1N. The predicted octanol–water partition coefficient (Wildman–Crippen LogP) is 2.94. The molecule has 19 heavy (non-hydrogen) atoms. The number of rotatable bonds is 3. The highest BCUT2D eigenvalue weighted by Crippen LogP contribution is 2.26. The van der Waals surface area contributed by atoms with E-state index in [0.717, 1.165) is 0 Å². The van der Waals surface area contributed by atoms with Gasteiger partial charge in [-0.3, -0.25) is 0 Å². The average molecular weight is 300 g/mol. The fraction of sp³-hybridized carbons (Fsp3) is 0.167. The van der Waals surface area contributed by atoms with Gasteiger partial charge in [-0.25, -0.2) is 9.48 Å². The molecular formula is C12H11Cl2N3O2. The number of ether oxygens (including phenoxy) is 1. The number of anilines is 1. The maximum Gasteiger partial charge on any atom is 0.343 e. The van der Waals surface area contributed by atoms with Gasteiger partial charge in [0, 0.05) is 0 Å². The smallest absolute Gasteiger partial charge is 0.343 e. The van der Waals surface area contributed by atoms with Crippen molar-refractivity contribution in [3.8, 4) is 5.69 Å². The van der Waals surface area contributed by atoms with Crippen molar-refractivity contribution in [1.82, 2.24) is 9.78 Å². The normalized spacial score (nSPS) is 10.5. The minimum Gasteiger partial charge on any atom is -0.462 e. The fourth-order valence-electron chi connectivity index (χ4n) is 1.55. The number of aromatic nitrogens is 2. The number of hydrogen-bond acceptors (Lipinski definition) is 4. The summed E-state index contributed by atoms with van der Waals surface area (Å²) in [5.41, 5.74) is 6.71. The summed E-state index contributed by atoms with van der Waals surface area (Å²) in [5.74, 6) is -0.317. The topological polar surface area (TPSA) is 70.1 Å². The first-order valence-corrected chi connectivity index (χ1v) is 6.26. The number of esters is 1. The minimum absolute atomic E-state index is 0.192. The molecule has 0 aliphatic heterocycles. The molecule has 2 rings (SSSR count). The fourth-order valence-corrected chi connectivity index (χ4v) is 1.84. The Balaban J connectivity index is 2.41. The molecule has 0 fully saturated rings. The minimum atomic E-state index is -0.508. The van der Waals surface area contributed by atoms with Crippen LogP contribution in [-0.2, 0) is 4.74 Å². The van der Waals surface area contributed by atoms with E-state index in [1.807, 2.05) is 0 Å². The molecule has 0 saturated carbocycles. The molecule has 1 heterocycles. The van der Waals surface area contributed by atoms with Crippen molar-refractivity contribution in [2.45, 2.75) is 6.92 Å². The number of benzene rings is 1. The van der Waals surface area contributed by atoms with Gasteiger partial charge in [0.1, 0.15) is 11.4 Å². The molecule has 5 nitrogen and oxygen atoms in total. The van der Waals surface area contributed by atoms with Gasteiger partial charge in [0.2, 0.25) is 0 Å². The van der Waals surface area contributed by atoms with Crippen LogP contribution in [0.1, 0.15) is 17.3 Å². The zero-order valence-corrected chi connectivity index (χ0v) is 11.6. The van der Waals surface area contributed by atoms with Gasteiger partial charge >= 0.3 is 5.97 Å². The second kappa shape index (κ2) is 5.50. The number of nitrogen functional groups attached to an aromatic ring is 1. The molecule has 0 atom stereocenters. The molecule has 0 aliphatic carbocycles. The maximum atomic E-state index is 11.6. The largest absolute Gasteiger partial charge is 0.462 e. The molecule has 0 spiro atoms. The molecule has 0 aliphatic rings. The van der Waals surface area contributed by atoms with Gasteiger partial charge in [-0.15, -0.1) is 0 Å². The number of nitrogens with two attached hydrogens (primary N) is 1. The van der Waals surface area contributed by atoms with E-state index in [2.05, 4.69) is 5.10 Å². The molecule has 1 aromatic carbocycles. The van der Waals surface area contributed by atoms with Crippen molar-refractivity contribution in [3.63, 3.8) is 0 Å². The summed E-state index contributed by atoms with van der Waals surface area (Å²) in [6.07, 6.45) is 1.36. The third-order valence-electron chi connectivity index (χ3n) is 2.45. The highest BCUT2D eigenvalue weighted by molar-refractivity contribution is 6.42. The van der Waals surface area contributed by atoms with E-state index in [1.54, 1.807) is 25.1 Å². The van der Waals surface area contributed by atoms with Crippen molar-refractivity contribution in [2.24, 2.45) is 0 Å². The van der Waals surface area contributed by atoms with Crippen LogP contribution in [0.25, 0.3) is 5.69 Å². The van der Waals surface area contributed by atoms with E-state index in [1.165, 1.54) is 10.9 Å². The van der Waals surface area contributed by atoms with Crippen LogP contribution in [0, 0.1) is 0 Å². The molecule has 2 N–H and O–H groups in total. The third-order valence-corrected chi connectivity index (χ3v) is 3.19. The Morgan fingerprint density at radius 3 is 2.79 bits per heavy atom. The number of halogens is 2. The quantitative estimate of drug-likeness (QED) is 0.885. The Morgan fingerprint density at radius 2 is 2.16 bits per heavy atom. The van der Waals surface area contributed by atoms with Crippen molar-refractivity contribution in [1.29, 1.82) is 0 Å². The molecule has 100 valence electrons. The van der Waals surface area contributed by atoms with Crippen LogP contribution in [0.5, 0.6) is 0 Å². The van der Waals surface area contributed by atoms with Gasteiger partial charge in [0.15, 0.2) is 0 Å². The lowest BCUT2D eigenvalue weighted by Gasteiger charge is -2.06. The average Bonchev–Trinajstić information content (AvgIpc) is 2.75. The van der Waals surface area contributed by atoms with E-state index in [-0.39, 0.29) is 18.0 Å². The first-order valence-electron chi connectivity index (χ1n) is 5.50. The summed E-state index contributed by atoms with van der Waals surface area (Å²) in [4.78, 5) is 11.6. The summed E-state index contributed by atoms with van der Waals surface area (Å²) in [5, 5.41) is 4.86. The van der Waals surface area contributed by atoms with Crippen LogP contribution >= 0.6 is 23.2 Å². The molecule has 0 amide bonds. The van der Waals surface area contributed by atoms with Gasteiger partial charge < -0.3 is 10.5 Å². The first kappa shape index (κ1) is 13.7. The summed E-state index contributed by atoms with van der Waals surface area (Å²) in [6.45, 7) is 1.99. The van der Waals surface area contributed by atoms with Gasteiger partial charge in [0.05, 0.1) is 28.5 Å². The van der Waals surface area contributed by atoms with Crippen LogP contribution in [-0.4, -0.2) is 22.4 Å². The van der Waals surface area contributed by atoms with Crippen LogP contribution in [0.15, 0.2) is 24.4 Å². The van der Waals surface area contributed by atoms with E-state index < -0.39 is 5.97 Å². The zero-order valence-electron chi connectivity index (χ0n) is 10.1. The number of carbonyl (C=O) groups excluding carboxylic acids is 1. The lowest BCUT2D eigenvalue weighted by Crippen LogP contribution is -2.08. The van der Waals surface area contributed by atoms with Crippen LogP contribution in [0.4, 0.5) is 5.82 Å². The van der Waals surface area contributed by atoms with Gasteiger partial charge in [-0.05, 0) is 25.1 Å². The maximum absolute atomic E-state index is 11.6. The summed E-state index contributed by atoms with van der Waals surface area (Å²) >= 11 is 11.8. The van der Waals surface area contributed by atoms with E-state index >= 15 is 0 Å². The molecule has 0 saturated heterocycles. The van der Waals surface area contributed by atoms with E-state index in [0.29, 0.717) is 15.7 Å². The second-order valence-corrected chi connectivity index (χ2v) is 4.49. The van der Waals surface area contributed by atoms with Gasteiger partial charge in [0.25, 0.3) is 0 Å². The van der Waals surface area contributed by atoms with Gasteiger partial charge in [-0.1, -0.05) is 23.2 Å². The number of carbonyl (C=O) groups is 1. The Hall–Kier alpha value is -1.72. The lowest BCUT2D eigenvalue weighted by molar-refractivity contribution is 0.0527. The Morgan fingerprint density at radius 1 is 1.42 bits per heavy atom. The van der Waals surface area contributed by atoms with E-state index in [4.69, 9.17) is 33.7 Å². The molecule has 0 radical (unpaired) electrons. The number of hydrogen-bond donors (Lipinski definition) is 1. The summed E-state index contributed by atoms with van der Waals surface area (Å²) in [6, 6.07) is 4.94. The third kappa shape index (κ3) is 2.67. The predicted molar refractivity (Wildman–Crippen MR) is 74.0 cm³/mol. The molecule has 2 aromatic rings. The lowest BCUT2D eigenvalue weighted by atomic mass is 10.3.